The van der Waals surface area contributed by atoms with Gasteiger partial charge in [0.1, 0.15) is 6.29 Å². The lowest BCUT2D eigenvalue weighted by molar-refractivity contribution is -0.114. The Morgan fingerprint density at radius 2 is 2.17 bits per heavy atom. The summed E-state index contributed by atoms with van der Waals surface area (Å²) in [4.78, 5) is 15.5. The highest BCUT2D eigenvalue weighted by molar-refractivity contribution is 5.57. The van der Waals surface area contributed by atoms with Gasteiger partial charge in [0.2, 0.25) is 0 Å². The van der Waals surface area contributed by atoms with Gasteiger partial charge in [-0.15, -0.1) is 0 Å². The van der Waals surface area contributed by atoms with Gasteiger partial charge in [0.05, 0.1) is 12.6 Å². The van der Waals surface area contributed by atoms with E-state index in [2.05, 4.69) is 19.3 Å². The molecule has 1 N–H and O–H groups in total. The summed E-state index contributed by atoms with van der Waals surface area (Å²) in [5.74, 6) is 0.512. The first-order valence-electron chi connectivity index (χ1n) is 4.53. The van der Waals surface area contributed by atoms with Crippen molar-refractivity contribution in [1.82, 2.24) is 5.48 Å². The molecule has 0 rings (SSSR count). The van der Waals surface area contributed by atoms with E-state index < -0.39 is 0 Å². The molecule has 72 valence electrons. The minimum absolute atomic E-state index is 0.156. The first-order chi connectivity index (χ1) is 5.70. The number of carbonyl (C=O) groups is 1. The Bertz CT molecular complexity index is 115. The van der Waals surface area contributed by atoms with Gasteiger partial charge in [-0.2, -0.15) is 5.48 Å². The van der Waals surface area contributed by atoms with Gasteiger partial charge in [0, 0.05) is 0 Å². The lowest BCUT2D eigenvalue weighted by atomic mass is 10.1. The number of hydrogen-bond acceptors (Lipinski definition) is 3. The van der Waals surface area contributed by atoms with Crippen molar-refractivity contribution in [1.29, 1.82) is 0 Å². The highest BCUT2D eigenvalue weighted by atomic mass is 16.6. The molecule has 3 heteroatoms. The standard InChI is InChI=1S/C9H19NO2/c1-4-5-12-10-9(7-11)6-8(2)3/h7-10H,4-6H2,1-3H3/t9-/m0/s1. The normalized spacial score (nSPS) is 13.3. The first-order valence-corrected chi connectivity index (χ1v) is 4.53. The maximum atomic E-state index is 10.5. The number of hydroxylamine groups is 1. The summed E-state index contributed by atoms with van der Waals surface area (Å²) in [6, 6.07) is -0.156. The van der Waals surface area contributed by atoms with Crippen LogP contribution in [-0.2, 0) is 9.63 Å². The molecule has 0 bridgehead atoms. The lowest BCUT2D eigenvalue weighted by Crippen LogP contribution is -2.32. The van der Waals surface area contributed by atoms with Crippen molar-refractivity contribution >= 4 is 6.29 Å². The summed E-state index contributed by atoms with van der Waals surface area (Å²) in [6.07, 6.45) is 2.68. The van der Waals surface area contributed by atoms with Gasteiger partial charge in [-0.3, -0.25) is 0 Å². The third-order valence-electron chi connectivity index (χ3n) is 1.43. The van der Waals surface area contributed by atoms with Crippen molar-refractivity contribution < 1.29 is 9.63 Å². The van der Waals surface area contributed by atoms with Crippen molar-refractivity contribution in [2.75, 3.05) is 6.61 Å². The number of nitrogens with one attached hydrogen (secondary N) is 1. The van der Waals surface area contributed by atoms with Crippen LogP contribution in [0.4, 0.5) is 0 Å². The van der Waals surface area contributed by atoms with Crippen LogP contribution in [0.15, 0.2) is 0 Å². The molecule has 0 aromatic heterocycles. The number of carbonyl (C=O) groups excluding carboxylic acids is 1. The van der Waals surface area contributed by atoms with Crippen LogP contribution >= 0.6 is 0 Å². The van der Waals surface area contributed by atoms with E-state index in [1.807, 2.05) is 6.92 Å². The molecule has 1 atom stereocenters. The van der Waals surface area contributed by atoms with Crippen LogP contribution in [0.3, 0.4) is 0 Å². The van der Waals surface area contributed by atoms with Crippen molar-refractivity contribution in [2.45, 2.75) is 39.7 Å². The summed E-state index contributed by atoms with van der Waals surface area (Å²) in [7, 11) is 0. The van der Waals surface area contributed by atoms with E-state index in [9.17, 15) is 4.79 Å². The van der Waals surface area contributed by atoms with E-state index in [4.69, 9.17) is 4.84 Å². The molecule has 0 aliphatic carbocycles. The third-order valence-corrected chi connectivity index (χ3v) is 1.43. The molecular formula is C9H19NO2. The fourth-order valence-corrected chi connectivity index (χ4v) is 0.907. The molecule has 0 heterocycles. The van der Waals surface area contributed by atoms with Crippen LogP contribution < -0.4 is 5.48 Å². The molecule has 3 nitrogen and oxygen atoms in total. The summed E-state index contributed by atoms with van der Waals surface area (Å²) >= 11 is 0. The minimum Gasteiger partial charge on any atom is -0.302 e. The summed E-state index contributed by atoms with van der Waals surface area (Å²) in [5, 5.41) is 0. The molecule has 0 amide bonds. The molecule has 0 fully saturated rings. The largest absolute Gasteiger partial charge is 0.302 e. The molecule has 0 aromatic rings. The van der Waals surface area contributed by atoms with Crippen LogP contribution in [0.2, 0.25) is 0 Å². The zero-order valence-corrected chi connectivity index (χ0v) is 8.17. The average molecular weight is 173 g/mol. The van der Waals surface area contributed by atoms with Gasteiger partial charge < -0.3 is 9.63 Å². The van der Waals surface area contributed by atoms with E-state index in [1.54, 1.807) is 0 Å². The SMILES string of the molecule is CCCON[C@H](C=O)CC(C)C. The molecule has 0 spiro atoms. The Labute approximate surface area is 74.4 Å². The van der Waals surface area contributed by atoms with Gasteiger partial charge in [-0.05, 0) is 18.8 Å². The number of hydrogen-bond donors (Lipinski definition) is 1. The molecular weight excluding hydrogens is 154 g/mol. The Hall–Kier alpha value is -0.410. The zero-order chi connectivity index (χ0) is 9.40. The third kappa shape index (κ3) is 6.31. The Morgan fingerprint density at radius 1 is 1.50 bits per heavy atom. The maximum absolute atomic E-state index is 10.5. The fraction of sp³-hybridized carbons (Fsp3) is 0.889. The van der Waals surface area contributed by atoms with Gasteiger partial charge in [0.25, 0.3) is 0 Å². The maximum Gasteiger partial charge on any atom is 0.139 e. The van der Waals surface area contributed by atoms with Crippen LogP contribution in [0.25, 0.3) is 0 Å². The Balaban J connectivity index is 3.46. The van der Waals surface area contributed by atoms with Gasteiger partial charge in [-0.25, -0.2) is 0 Å². The molecule has 12 heavy (non-hydrogen) atoms. The number of rotatable bonds is 7. The molecule has 0 saturated carbocycles. The van der Waals surface area contributed by atoms with Crippen molar-refractivity contribution in [2.24, 2.45) is 5.92 Å². The zero-order valence-electron chi connectivity index (χ0n) is 8.17. The molecule has 0 aromatic carbocycles. The summed E-state index contributed by atoms with van der Waals surface area (Å²) in [5.41, 5.74) is 2.73. The minimum atomic E-state index is -0.156. The fourth-order valence-electron chi connectivity index (χ4n) is 0.907. The molecule has 0 radical (unpaired) electrons. The Morgan fingerprint density at radius 3 is 2.58 bits per heavy atom. The molecule has 0 saturated heterocycles. The predicted octanol–water partition coefficient (Wildman–Crippen LogP) is 1.53. The topological polar surface area (TPSA) is 38.3 Å². The van der Waals surface area contributed by atoms with Crippen LogP contribution in [-0.4, -0.2) is 18.9 Å². The van der Waals surface area contributed by atoms with Crippen molar-refractivity contribution in [3.63, 3.8) is 0 Å². The molecule has 0 aliphatic heterocycles. The lowest BCUT2D eigenvalue weighted by Gasteiger charge is -2.13. The predicted molar refractivity (Wildman–Crippen MR) is 48.7 cm³/mol. The van der Waals surface area contributed by atoms with E-state index in [0.29, 0.717) is 12.5 Å². The van der Waals surface area contributed by atoms with Gasteiger partial charge in [-0.1, -0.05) is 20.8 Å². The van der Waals surface area contributed by atoms with Gasteiger partial charge in [0.15, 0.2) is 0 Å². The van der Waals surface area contributed by atoms with Crippen molar-refractivity contribution in [3.8, 4) is 0 Å². The second kappa shape index (κ2) is 7.25. The average Bonchev–Trinajstić information content (AvgIpc) is 2.02. The van der Waals surface area contributed by atoms with E-state index in [0.717, 1.165) is 19.1 Å². The summed E-state index contributed by atoms with van der Waals surface area (Å²) in [6.45, 7) is 6.85. The van der Waals surface area contributed by atoms with Gasteiger partial charge >= 0.3 is 0 Å². The number of aldehydes is 1. The smallest absolute Gasteiger partial charge is 0.139 e. The highest BCUT2D eigenvalue weighted by Gasteiger charge is 2.08. The van der Waals surface area contributed by atoms with Crippen LogP contribution in [0.1, 0.15) is 33.6 Å². The monoisotopic (exact) mass is 173 g/mol. The van der Waals surface area contributed by atoms with Crippen LogP contribution in [0.5, 0.6) is 0 Å². The highest BCUT2D eigenvalue weighted by Crippen LogP contribution is 2.02. The second-order valence-electron chi connectivity index (χ2n) is 3.34. The van der Waals surface area contributed by atoms with E-state index in [1.165, 1.54) is 0 Å². The Kier molecular flexibility index (Phi) is 7.00. The van der Waals surface area contributed by atoms with E-state index in [-0.39, 0.29) is 6.04 Å². The quantitative estimate of drug-likeness (QED) is 0.360. The first kappa shape index (κ1) is 11.6. The van der Waals surface area contributed by atoms with Crippen LogP contribution in [0, 0.1) is 5.92 Å². The molecule has 0 aliphatic rings. The second-order valence-corrected chi connectivity index (χ2v) is 3.34. The van der Waals surface area contributed by atoms with E-state index >= 15 is 0 Å². The summed E-state index contributed by atoms with van der Waals surface area (Å²) < 4.78 is 0. The molecule has 0 unspecified atom stereocenters. The van der Waals surface area contributed by atoms with Crippen molar-refractivity contribution in [3.05, 3.63) is 0 Å².